The molecule has 0 aliphatic rings. The Labute approximate surface area is 122 Å². The minimum atomic E-state index is -0.181. The zero-order valence-corrected chi connectivity index (χ0v) is 12.9. The van der Waals surface area contributed by atoms with Crippen LogP contribution in [-0.2, 0) is 4.74 Å². The van der Waals surface area contributed by atoms with E-state index in [1.165, 1.54) is 6.07 Å². The van der Waals surface area contributed by atoms with Crippen molar-refractivity contribution in [2.24, 2.45) is 0 Å². The molecule has 114 valence electrons. The molecule has 1 rings (SSSR count). The quantitative estimate of drug-likeness (QED) is 0.668. The van der Waals surface area contributed by atoms with E-state index in [0.717, 1.165) is 44.9 Å². The molecule has 0 aliphatic heterocycles. The maximum atomic E-state index is 13.2. The molecule has 0 fully saturated rings. The van der Waals surface area contributed by atoms with Crippen molar-refractivity contribution in [2.75, 3.05) is 37.7 Å². The van der Waals surface area contributed by atoms with Crippen molar-refractivity contribution >= 4 is 5.69 Å². The second-order valence-corrected chi connectivity index (χ2v) is 5.08. The number of likely N-dealkylation sites (N-methyl/N-ethyl adjacent to an activating group) is 1. The van der Waals surface area contributed by atoms with Crippen molar-refractivity contribution < 1.29 is 9.13 Å². The van der Waals surface area contributed by atoms with Crippen molar-refractivity contribution in [3.05, 3.63) is 30.1 Å². The average molecular weight is 282 g/mol. The van der Waals surface area contributed by atoms with Crippen molar-refractivity contribution in [3.63, 3.8) is 0 Å². The number of benzene rings is 1. The lowest BCUT2D eigenvalue weighted by Gasteiger charge is -2.23. The number of halogens is 1. The average Bonchev–Trinajstić information content (AvgIpc) is 2.41. The fraction of sp³-hybridized carbons (Fsp3) is 0.625. The molecule has 0 bridgehead atoms. The largest absolute Gasteiger partial charge is 0.379 e. The van der Waals surface area contributed by atoms with Crippen molar-refractivity contribution in [2.45, 2.75) is 33.3 Å². The number of nitrogens with one attached hydrogen (secondary N) is 1. The molecular weight excluding hydrogens is 255 g/mol. The molecule has 1 N–H and O–H groups in total. The van der Waals surface area contributed by atoms with Gasteiger partial charge in [0.25, 0.3) is 0 Å². The Bertz CT molecular complexity index is 371. The minimum Gasteiger partial charge on any atom is -0.379 e. The van der Waals surface area contributed by atoms with Gasteiger partial charge < -0.3 is 15.0 Å². The Morgan fingerprint density at radius 1 is 1.30 bits per heavy atom. The Hall–Kier alpha value is -1.13. The number of hydrogen-bond donors (Lipinski definition) is 1. The van der Waals surface area contributed by atoms with Gasteiger partial charge in [0.15, 0.2) is 0 Å². The Morgan fingerprint density at radius 3 is 2.75 bits per heavy atom. The molecule has 0 spiro atoms. The summed E-state index contributed by atoms with van der Waals surface area (Å²) in [5.74, 6) is -0.181. The third-order valence-corrected chi connectivity index (χ3v) is 3.06. The van der Waals surface area contributed by atoms with Gasteiger partial charge in [-0.1, -0.05) is 6.07 Å². The Balaban J connectivity index is 2.19. The maximum absolute atomic E-state index is 13.2. The SMILES string of the molecule is CCN(CCNCCCOC(C)C)c1cccc(F)c1. The molecule has 0 amide bonds. The van der Waals surface area contributed by atoms with E-state index in [1.807, 2.05) is 19.9 Å². The number of nitrogens with zero attached hydrogens (tertiary/aromatic N) is 1. The van der Waals surface area contributed by atoms with E-state index in [9.17, 15) is 4.39 Å². The fourth-order valence-electron chi connectivity index (χ4n) is 2.00. The van der Waals surface area contributed by atoms with E-state index < -0.39 is 0 Å². The second-order valence-electron chi connectivity index (χ2n) is 5.08. The molecule has 0 saturated carbocycles. The van der Waals surface area contributed by atoms with Crippen LogP contribution in [0.15, 0.2) is 24.3 Å². The van der Waals surface area contributed by atoms with Gasteiger partial charge in [0.2, 0.25) is 0 Å². The van der Waals surface area contributed by atoms with Gasteiger partial charge in [0, 0.05) is 31.9 Å². The zero-order valence-electron chi connectivity index (χ0n) is 12.9. The van der Waals surface area contributed by atoms with Gasteiger partial charge in [-0.2, -0.15) is 0 Å². The summed E-state index contributed by atoms with van der Waals surface area (Å²) in [5.41, 5.74) is 0.942. The molecular formula is C16H27FN2O. The number of ether oxygens (including phenoxy) is 1. The minimum absolute atomic E-state index is 0.181. The van der Waals surface area contributed by atoms with Crippen LogP contribution in [0.2, 0.25) is 0 Å². The first-order valence-corrected chi connectivity index (χ1v) is 7.46. The Kier molecular flexibility index (Phi) is 8.23. The molecule has 0 unspecified atom stereocenters. The van der Waals surface area contributed by atoms with Gasteiger partial charge in [-0.3, -0.25) is 0 Å². The summed E-state index contributed by atoms with van der Waals surface area (Å²) in [7, 11) is 0. The molecule has 3 nitrogen and oxygen atoms in total. The molecule has 1 aromatic rings. The predicted octanol–water partition coefficient (Wildman–Crippen LogP) is 3.06. The fourth-order valence-corrected chi connectivity index (χ4v) is 2.00. The molecule has 0 heterocycles. The number of rotatable bonds is 10. The van der Waals surface area contributed by atoms with E-state index in [4.69, 9.17) is 4.74 Å². The third kappa shape index (κ3) is 6.87. The first kappa shape index (κ1) is 16.9. The molecule has 1 aromatic carbocycles. The topological polar surface area (TPSA) is 24.5 Å². The molecule has 4 heteroatoms. The van der Waals surface area contributed by atoms with Crippen molar-refractivity contribution in [3.8, 4) is 0 Å². The first-order chi connectivity index (χ1) is 9.63. The van der Waals surface area contributed by atoms with Gasteiger partial charge in [0.1, 0.15) is 5.82 Å². The van der Waals surface area contributed by atoms with Crippen LogP contribution in [0.3, 0.4) is 0 Å². The summed E-state index contributed by atoms with van der Waals surface area (Å²) in [6.07, 6.45) is 1.32. The normalized spacial score (nSPS) is 11.1. The first-order valence-electron chi connectivity index (χ1n) is 7.46. The second kappa shape index (κ2) is 9.72. The van der Waals surface area contributed by atoms with E-state index in [-0.39, 0.29) is 5.82 Å². The number of anilines is 1. The van der Waals surface area contributed by atoms with Crippen LogP contribution in [0, 0.1) is 5.82 Å². The molecule has 0 aliphatic carbocycles. The van der Waals surface area contributed by atoms with E-state index in [2.05, 4.69) is 17.1 Å². The van der Waals surface area contributed by atoms with Crippen molar-refractivity contribution in [1.82, 2.24) is 5.32 Å². The highest BCUT2D eigenvalue weighted by Crippen LogP contribution is 2.14. The summed E-state index contributed by atoms with van der Waals surface area (Å²) in [4.78, 5) is 2.17. The summed E-state index contributed by atoms with van der Waals surface area (Å²) in [5, 5.41) is 3.39. The molecule has 0 aromatic heterocycles. The lowest BCUT2D eigenvalue weighted by molar-refractivity contribution is 0.0771. The highest BCUT2D eigenvalue weighted by molar-refractivity contribution is 5.46. The zero-order chi connectivity index (χ0) is 14.8. The van der Waals surface area contributed by atoms with Gasteiger partial charge in [0.05, 0.1) is 6.10 Å². The molecule has 0 radical (unpaired) electrons. The van der Waals surface area contributed by atoms with Crippen LogP contribution in [0.4, 0.5) is 10.1 Å². The standard InChI is InChI=1S/C16H27FN2O/c1-4-19(16-8-5-7-15(17)13-16)11-10-18-9-6-12-20-14(2)3/h5,7-8,13-14,18H,4,6,9-12H2,1-3H3. The molecule has 0 saturated heterocycles. The van der Waals surface area contributed by atoms with Gasteiger partial charge >= 0.3 is 0 Å². The van der Waals surface area contributed by atoms with Crippen LogP contribution >= 0.6 is 0 Å². The number of hydrogen-bond acceptors (Lipinski definition) is 3. The highest BCUT2D eigenvalue weighted by atomic mass is 19.1. The third-order valence-electron chi connectivity index (χ3n) is 3.06. The van der Waals surface area contributed by atoms with Gasteiger partial charge in [-0.05, 0) is 51.9 Å². The molecule has 0 atom stereocenters. The molecule has 20 heavy (non-hydrogen) atoms. The van der Waals surface area contributed by atoms with Crippen LogP contribution in [0.25, 0.3) is 0 Å². The van der Waals surface area contributed by atoms with Crippen LogP contribution in [0.1, 0.15) is 27.2 Å². The van der Waals surface area contributed by atoms with Crippen LogP contribution in [-0.4, -0.2) is 38.9 Å². The summed E-state index contributed by atoms with van der Waals surface area (Å²) in [6.45, 7) is 10.6. The summed E-state index contributed by atoms with van der Waals surface area (Å²) in [6, 6.07) is 6.76. The van der Waals surface area contributed by atoms with E-state index in [1.54, 1.807) is 12.1 Å². The summed E-state index contributed by atoms with van der Waals surface area (Å²) >= 11 is 0. The van der Waals surface area contributed by atoms with Crippen LogP contribution < -0.4 is 10.2 Å². The monoisotopic (exact) mass is 282 g/mol. The van der Waals surface area contributed by atoms with Gasteiger partial charge in [-0.25, -0.2) is 4.39 Å². The smallest absolute Gasteiger partial charge is 0.125 e. The van der Waals surface area contributed by atoms with Crippen molar-refractivity contribution in [1.29, 1.82) is 0 Å². The van der Waals surface area contributed by atoms with E-state index >= 15 is 0 Å². The predicted molar refractivity (Wildman–Crippen MR) is 82.9 cm³/mol. The maximum Gasteiger partial charge on any atom is 0.125 e. The lowest BCUT2D eigenvalue weighted by Crippen LogP contribution is -2.32. The van der Waals surface area contributed by atoms with Gasteiger partial charge in [-0.15, -0.1) is 0 Å². The Morgan fingerprint density at radius 2 is 2.10 bits per heavy atom. The lowest BCUT2D eigenvalue weighted by atomic mass is 10.2. The summed E-state index contributed by atoms with van der Waals surface area (Å²) < 4.78 is 18.7. The van der Waals surface area contributed by atoms with E-state index in [0.29, 0.717) is 6.10 Å². The van der Waals surface area contributed by atoms with Crippen LogP contribution in [0.5, 0.6) is 0 Å². The highest BCUT2D eigenvalue weighted by Gasteiger charge is 2.04.